The number of hydrogen-bond acceptors (Lipinski definition) is 4. The molecule has 2 aromatic rings. The van der Waals surface area contributed by atoms with Gasteiger partial charge in [-0.15, -0.1) is 0 Å². The molecule has 0 radical (unpaired) electrons. The number of sulfonamides is 1. The third-order valence-corrected chi connectivity index (χ3v) is 5.99. The van der Waals surface area contributed by atoms with Crippen LogP contribution in [0.25, 0.3) is 0 Å². The first-order chi connectivity index (χ1) is 13.0. The number of hydrogen-bond donors (Lipinski definition) is 2. The Bertz CT molecular complexity index is 1080. The van der Waals surface area contributed by atoms with Crippen molar-refractivity contribution < 1.29 is 26.4 Å². The zero-order chi connectivity index (χ0) is 20.7. The fourth-order valence-corrected chi connectivity index (χ4v) is 4.26. The summed E-state index contributed by atoms with van der Waals surface area (Å²) >= 11 is 2.83. The summed E-state index contributed by atoms with van der Waals surface area (Å²) in [6.45, 7) is 1.40. The molecule has 3 rings (SSSR count). The summed E-state index contributed by atoms with van der Waals surface area (Å²) in [5.74, 6) is -0.684. The number of halogens is 4. The minimum absolute atomic E-state index is 0.00466. The van der Waals surface area contributed by atoms with Crippen molar-refractivity contribution in [1.82, 2.24) is 4.72 Å². The number of aliphatic imine (C=N–C) groups is 1. The number of amides is 1. The number of nitrogens with zero attached hydrogens (tertiary/aromatic N) is 1. The molecule has 2 N–H and O–H groups in total. The van der Waals surface area contributed by atoms with Crippen LogP contribution in [0.15, 0.2) is 56.8 Å². The molecule has 0 spiro atoms. The van der Waals surface area contributed by atoms with E-state index in [9.17, 15) is 26.4 Å². The van der Waals surface area contributed by atoms with Crippen LogP contribution < -0.4 is 10.0 Å². The quantitative estimate of drug-likeness (QED) is 0.711. The van der Waals surface area contributed by atoms with Gasteiger partial charge in [0.2, 0.25) is 5.91 Å². The highest BCUT2D eigenvalue weighted by atomic mass is 79.9. The zero-order valence-electron chi connectivity index (χ0n) is 14.2. The van der Waals surface area contributed by atoms with Crippen molar-refractivity contribution in [3.63, 3.8) is 0 Å². The Balaban J connectivity index is 1.83. The van der Waals surface area contributed by atoms with Crippen molar-refractivity contribution in [2.24, 2.45) is 4.99 Å². The molecule has 0 bridgehead atoms. The van der Waals surface area contributed by atoms with Crippen LogP contribution in [0.5, 0.6) is 0 Å². The monoisotopic (exact) mass is 475 g/mol. The van der Waals surface area contributed by atoms with Crippen LogP contribution in [-0.2, 0) is 21.0 Å². The second-order valence-corrected chi connectivity index (χ2v) is 8.44. The number of nitrogens with one attached hydrogen (secondary N) is 2. The van der Waals surface area contributed by atoms with Gasteiger partial charge in [-0.1, -0.05) is 28.1 Å². The maximum absolute atomic E-state index is 13.0. The lowest BCUT2D eigenvalue weighted by Gasteiger charge is -2.13. The van der Waals surface area contributed by atoms with E-state index in [2.05, 4.69) is 31.0 Å². The van der Waals surface area contributed by atoms with E-state index in [1.165, 1.54) is 25.1 Å². The number of benzene rings is 2. The summed E-state index contributed by atoms with van der Waals surface area (Å²) in [6, 6.07) is 8.37. The summed E-state index contributed by atoms with van der Waals surface area (Å²) < 4.78 is 65.2. The van der Waals surface area contributed by atoms with E-state index < -0.39 is 33.7 Å². The highest BCUT2D eigenvalue weighted by molar-refractivity contribution is 9.10. The van der Waals surface area contributed by atoms with Gasteiger partial charge < -0.3 is 5.32 Å². The van der Waals surface area contributed by atoms with Gasteiger partial charge in [-0.2, -0.15) is 13.2 Å². The van der Waals surface area contributed by atoms with Crippen LogP contribution in [0.2, 0.25) is 0 Å². The number of carbonyl (C=O) groups excluding carboxylic acids is 1. The van der Waals surface area contributed by atoms with Gasteiger partial charge >= 0.3 is 6.18 Å². The third kappa shape index (κ3) is 4.04. The molecule has 148 valence electrons. The molecule has 0 fully saturated rings. The molecule has 1 aliphatic rings. The molecule has 0 saturated carbocycles. The Morgan fingerprint density at radius 2 is 1.89 bits per heavy atom. The lowest BCUT2D eigenvalue weighted by Crippen LogP contribution is -2.29. The van der Waals surface area contributed by atoms with Gasteiger partial charge in [0.15, 0.2) is 0 Å². The van der Waals surface area contributed by atoms with E-state index in [0.717, 1.165) is 6.07 Å². The van der Waals surface area contributed by atoms with Gasteiger partial charge in [-0.25, -0.2) is 8.42 Å². The smallest absolute Gasteiger partial charge is 0.324 e. The van der Waals surface area contributed by atoms with Crippen molar-refractivity contribution in [3.8, 4) is 0 Å². The average molecular weight is 476 g/mol. The van der Waals surface area contributed by atoms with E-state index in [-0.39, 0.29) is 20.9 Å². The highest BCUT2D eigenvalue weighted by Gasteiger charge is 2.34. The van der Waals surface area contributed by atoms with Crippen LogP contribution in [-0.4, -0.2) is 26.2 Å². The Morgan fingerprint density at radius 3 is 2.57 bits per heavy atom. The number of alkyl halides is 3. The van der Waals surface area contributed by atoms with Gasteiger partial charge in [0.25, 0.3) is 10.0 Å². The Morgan fingerprint density at radius 1 is 1.21 bits per heavy atom. The zero-order valence-corrected chi connectivity index (χ0v) is 16.6. The fraction of sp³-hybridized carbons (Fsp3) is 0.176. The molecule has 0 saturated heterocycles. The van der Waals surface area contributed by atoms with E-state index in [1.54, 1.807) is 18.2 Å². The molecular formula is C17H13BrF3N3O3S. The van der Waals surface area contributed by atoms with Gasteiger partial charge in [0, 0.05) is 15.7 Å². The minimum atomic E-state index is -4.59. The predicted molar refractivity (Wildman–Crippen MR) is 101 cm³/mol. The Labute approximate surface area is 167 Å². The van der Waals surface area contributed by atoms with Crippen LogP contribution in [0.4, 0.5) is 18.9 Å². The molecular weight excluding hydrogens is 463 g/mol. The lowest BCUT2D eigenvalue weighted by atomic mass is 10.2. The lowest BCUT2D eigenvalue weighted by molar-refractivity contribution is -0.138. The van der Waals surface area contributed by atoms with Gasteiger partial charge in [0.05, 0.1) is 10.5 Å². The van der Waals surface area contributed by atoms with Crippen LogP contribution in [0.1, 0.15) is 18.1 Å². The molecule has 6 nitrogen and oxygen atoms in total. The van der Waals surface area contributed by atoms with Gasteiger partial charge in [-0.3, -0.25) is 14.5 Å². The molecule has 1 amide bonds. The molecule has 11 heteroatoms. The minimum Gasteiger partial charge on any atom is -0.324 e. The van der Waals surface area contributed by atoms with Crippen molar-refractivity contribution in [2.45, 2.75) is 24.0 Å². The van der Waals surface area contributed by atoms with E-state index in [1.807, 2.05) is 0 Å². The van der Waals surface area contributed by atoms with Crippen LogP contribution >= 0.6 is 15.9 Å². The second-order valence-electron chi connectivity index (χ2n) is 5.94. The van der Waals surface area contributed by atoms with Gasteiger partial charge in [-0.05, 0) is 37.3 Å². The van der Waals surface area contributed by atoms with Crippen LogP contribution in [0, 0.1) is 0 Å². The van der Waals surface area contributed by atoms with Crippen molar-refractivity contribution in [3.05, 3.63) is 58.1 Å². The number of amidine groups is 1. The average Bonchev–Trinajstić information content (AvgIpc) is 2.86. The van der Waals surface area contributed by atoms with Crippen LogP contribution in [0.3, 0.4) is 0 Å². The number of fused-ring (bicyclic) bond motifs is 1. The summed E-state index contributed by atoms with van der Waals surface area (Å²) in [4.78, 5) is 16.5. The first-order valence-electron chi connectivity index (χ1n) is 7.86. The maximum atomic E-state index is 13.0. The van der Waals surface area contributed by atoms with Crippen molar-refractivity contribution >= 4 is 43.4 Å². The summed E-state index contributed by atoms with van der Waals surface area (Å²) in [5.41, 5.74) is -0.660. The molecule has 2 aromatic carbocycles. The Kier molecular flexibility index (Phi) is 5.24. The first-order valence-corrected chi connectivity index (χ1v) is 10.1. The summed E-state index contributed by atoms with van der Waals surface area (Å²) in [5, 5.41) is 2.36. The molecule has 1 aliphatic heterocycles. The molecule has 0 aromatic heterocycles. The van der Waals surface area contributed by atoms with E-state index in [4.69, 9.17) is 0 Å². The van der Waals surface area contributed by atoms with Crippen molar-refractivity contribution in [1.29, 1.82) is 0 Å². The third-order valence-electron chi connectivity index (χ3n) is 3.90. The summed E-state index contributed by atoms with van der Waals surface area (Å²) in [6.07, 6.45) is -4.59. The topological polar surface area (TPSA) is 87.6 Å². The SMILES string of the molecule is C[C@@H](N=C1NS(=O)(=O)c2ccccc21)C(=O)Nc1ccc(Br)c(C(F)(F)F)c1. The Hall–Kier alpha value is -2.40. The molecule has 1 heterocycles. The van der Waals surface area contributed by atoms with E-state index in [0.29, 0.717) is 5.56 Å². The number of carbonyl (C=O) groups is 1. The van der Waals surface area contributed by atoms with Crippen molar-refractivity contribution in [2.75, 3.05) is 5.32 Å². The number of rotatable bonds is 3. The summed E-state index contributed by atoms with van der Waals surface area (Å²) in [7, 11) is -3.75. The molecule has 0 aliphatic carbocycles. The molecule has 28 heavy (non-hydrogen) atoms. The second kappa shape index (κ2) is 7.21. The standard InChI is InChI=1S/C17H13BrF3N3O3S/c1-9(22-15-11-4-2-3-5-14(11)28(26,27)24-15)16(25)23-10-6-7-13(18)12(8-10)17(19,20)21/h2-9H,1H3,(H,22,24)(H,23,25)/t9-/m1/s1. The van der Waals surface area contributed by atoms with E-state index >= 15 is 0 Å². The largest absolute Gasteiger partial charge is 0.417 e. The highest BCUT2D eigenvalue weighted by Crippen LogP contribution is 2.36. The predicted octanol–water partition coefficient (Wildman–Crippen LogP) is 3.53. The fourth-order valence-electron chi connectivity index (χ4n) is 2.55. The molecule has 0 unspecified atom stereocenters. The maximum Gasteiger partial charge on any atom is 0.417 e. The molecule has 1 atom stereocenters. The normalized spacial score (nSPS) is 17.7. The number of anilines is 1. The first kappa shape index (κ1) is 20.3. The van der Waals surface area contributed by atoms with Gasteiger partial charge in [0.1, 0.15) is 11.9 Å².